The predicted octanol–water partition coefficient (Wildman–Crippen LogP) is -0.132. The van der Waals surface area contributed by atoms with E-state index in [1.165, 1.54) is 0 Å². The lowest BCUT2D eigenvalue weighted by Gasteiger charge is -2.18. The molecule has 0 aliphatic carbocycles. The first-order chi connectivity index (χ1) is 8.40. The van der Waals surface area contributed by atoms with E-state index < -0.39 is 17.9 Å². The molecule has 2 amide bonds. The Balaban J connectivity index is 2.61. The zero-order valence-corrected chi connectivity index (χ0v) is 10.4. The van der Waals surface area contributed by atoms with Crippen molar-refractivity contribution in [1.82, 2.24) is 10.7 Å². The van der Waals surface area contributed by atoms with Gasteiger partial charge in [-0.2, -0.15) is 5.10 Å². The molecule has 0 bridgehead atoms. The maximum atomic E-state index is 11.7. The average molecular weight is 255 g/mol. The molecular formula is C11H17N3O4. The Kier molecular flexibility index (Phi) is 4.82. The van der Waals surface area contributed by atoms with Crippen molar-refractivity contribution >= 4 is 23.5 Å². The number of carbonyl (C=O) groups excluding carboxylic acids is 2. The molecule has 3 N–H and O–H groups in total. The SMILES string of the molecule is CC(C)CC(NC(=O)C1=NNC(=O)CC1)C(=O)O. The Labute approximate surface area is 105 Å². The fourth-order valence-corrected chi connectivity index (χ4v) is 1.57. The first-order valence-electron chi connectivity index (χ1n) is 5.79. The van der Waals surface area contributed by atoms with Crippen molar-refractivity contribution in [2.45, 2.75) is 39.2 Å². The van der Waals surface area contributed by atoms with E-state index in [2.05, 4.69) is 15.8 Å². The van der Waals surface area contributed by atoms with E-state index in [-0.39, 0.29) is 30.4 Å². The third kappa shape index (κ3) is 4.15. The summed E-state index contributed by atoms with van der Waals surface area (Å²) >= 11 is 0. The molecule has 1 atom stereocenters. The Morgan fingerprint density at radius 2 is 2.11 bits per heavy atom. The molecule has 0 radical (unpaired) electrons. The molecule has 7 heteroatoms. The number of carboxylic acid groups (broad SMARTS) is 1. The van der Waals surface area contributed by atoms with Crippen molar-refractivity contribution in [3.05, 3.63) is 0 Å². The van der Waals surface area contributed by atoms with Crippen LogP contribution in [-0.2, 0) is 14.4 Å². The Hall–Kier alpha value is -1.92. The molecule has 0 spiro atoms. The molecule has 1 heterocycles. The lowest BCUT2D eigenvalue weighted by atomic mass is 10.0. The van der Waals surface area contributed by atoms with Gasteiger partial charge in [0.1, 0.15) is 11.8 Å². The van der Waals surface area contributed by atoms with E-state index in [4.69, 9.17) is 5.11 Å². The van der Waals surface area contributed by atoms with Gasteiger partial charge in [0.25, 0.3) is 5.91 Å². The Morgan fingerprint density at radius 3 is 2.56 bits per heavy atom. The number of hydrogen-bond donors (Lipinski definition) is 3. The predicted molar refractivity (Wildman–Crippen MR) is 63.8 cm³/mol. The van der Waals surface area contributed by atoms with Crippen LogP contribution in [-0.4, -0.2) is 34.6 Å². The smallest absolute Gasteiger partial charge is 0.326 e. The normalized spacial score (nSPS) is 16.8. The van der Waals surface area contributed by atoms with E-state index in [9.17, 15) is 14.4 Å². The lowest BCUT2D eigenvalue weighted by molar-refractivity contribution is -0.141. The molecule has 0 aromatic heterocycles. The van der Waals surface area contributed by atoms with Gasteiger partial charge < -0.3 is 10.4 Å². The minimum atomic E-state index is -1.07. The number of hydrogen-bond acceptors (Lipinski definition) is 4. The van der Waals surface area contributed by atoms with Gasteiger partial charge >= 0.3 is 5.97 Å². The summed E-state index contributed by atoms with van der Waals surface area (Å²) in [5.41, 5.74) is 2.35. The second kappa shape index (κ2) is 6.13. The van der Waals surface area contributed by atoms with Crippen LogP contribution in [0.15, 0.2) is 5.10 Å². The first kappa shape index (κ1) is 14.1. The molecule has 0 aromatic rings. The van der Waals surface area contributed by atoms with Gasteiger partial charge in [0.15, 0.2) is 0 Å². The van der Waals surface area contributed by atoms with Gasteiger partial charge in [-0.3, -0.25) is 9.59 Å². The summed E-state index contributed by atoms with van der Waals surface area (Å²) < 4.78 is 0. The van der Waals surface area contributed by atoms with E-state index in [0.29, 0.717) is 6.42 Å². The van der Waals surface area contributed by atoms with Gasteiger partial charge in [0, 0.05) is 12.8 Å². The highest BCUT2D eigenvalue weighted by atomic mass is 16.4. The third-order valence-electron chi connectivity index (χ3n) is 2.48. The maximum Gasteiger partial charge on any atom is 0.326 e. The zero-order chi connectivity index (χ0) is 13.7. The van der Waals surface area contributed by atoms with E-state index >= 15 is 0 Å². The maximum absolute atomic E-state index is 11.7. The number of nitrogens with zero attached hydrogens (tertiary/aromatic N) is 1. The average Bonchev–Trinajstić information content (AvgIpc) is 2.28. The second-order valence-electron chi connectivity index (χ2n) is 4.59. The topological polar surface area (TPSA) is 108 Å². The molecule has 18 heavy (non-hydrogen) atoms. The highest BCUT2D eigenvalue weighted by Gasteiger charge is 2.25. The zero-order valence-electron chi connectivity index (χ0n) is 10.4. The van der Waals surface area contributed by atoms with Crippen LogP contribution in [0.5, 0.6) is 0 Å². The summed E-state index contributed by atoms with van der Waals surface area (Å²) in [6, 6.07) is -0.933. The van der Waals surface area contributed by atoms with Crippen LogP contribution < -0.4 is 10.7 Å². The minimum absolute atomic E-state index is 0.152. The molecule has 0 saturated heterocycles. The summed E-state index contributed by atoms with van der Waals surface area (Å²) in [5.74, 6) is -1.71. The number of hydrazone groups is 1. The standard InChI is InChI=1S/C11H17N3O4/c1-6(2)5-8(11(17)18)12-10(16)7-3-4-9(15)14-13-7/h6,8H,3-5H2,1-2H3,(H,12,16)(H,14,15)(H,17,18). The largest absolute Gasteiger partial charge is 0.480 e. The van der Waals surface area contributed by atoms with Gasteiger partial charge in [0.2, 0.25) is 5.91 Å². The van der Waals surface area contributed by atoms with Crippen LogP contribution in [0.4, 0.5) is 0 Å². The van der Waals surface area contributed by atoms with E-state index in [1.807, 2.05) is 13.8 Å². The van der Waals surface area contributed by atoms with Crippen molar-refractivity contribution in [3.8, 4) is 0 Å². The second-order valence-corrected chi connectivity index (χ2v) is 4.59. The molecule has 1 aliphatic heterocycles. The summed E-state index contributed by atoms with van der Waals surface area (Å²) in [5, 5.41) is 15.0. The van der Waals surface area contributed by atoms with E-state index in [1.54, 1.807) is 0 Å². The minimum Gasteiger partial charge on any atom is -0.480 e. The fraction of sp³-hybridized carbons (Fsp3) is 0.636. The van der Waals surface area contributed by atoms with Gasteiger partial charge in [-0.1, -0.05) is 13.8 Å². The molecule has 100 valence electrons. The molecule has 0 aromatic carbocycles. The molecule has 0 fully saturated rings. The number of carbonyl (C=O) groups is 3. The van der Waals surface area contributed by atoms with Crippen LogP contribution in [0.25, 0.3) is 0 Å². The van der Waals surface area contributed by atoms with Crippen molar-refractivity contribution in [2.75, 3.05) is 0 Å². The monoisotopic (exact) mass is 255 g/mol. The van der Waals surface area contributed by atoms with Crippen LogP contribution in [0, 0.1) is 5.92 Å². The molecule has 0 saturated carbocycles. The summed E-state index contributed by atoms with van der Waals surface area (Å²) in [4.78, 5) is 33.6. The Morgan fingerprint density at radius 1 is 1.44 bits per heavy atom. The van der Waals surface area contributed by atoms with Crippen molar-refractivity contribution in [1.29, 1.82) is 0 Å². The molecule has 1 rings (SSSR count). The van der Waals surface area contributed by atoms with Crippen molar-refractivity contribution in [3.63, 3.8) is 0 Å². The van der Waals surface area contributed by atoms with Crippen LogP contribution in [0.3, 0.4) is 0 Å². The number of rotatable bonds is 5. The lowest BCUT2D eigenvalue weighted by Crippen LogP contribution is -2.46. The summed E-state index contributed by atoms with van der Waals surface area (Å²) in [6.07, 6.45) is 0.764. The molecule has 1 aliphatic rings. The van der Waals surface area contributed by atoms with Crippen molar-refractivity contribution in [2.24, 2.45) is 11.0 Å². The highest BCUT2D eigenvalue weighted by molar-refractivity contribution is 6.39. The number of nitrogens with one attached hydrogen (secondary N) is 2. The van der Waals surface area contributed by atoms with Gasteiger partial charge in [0.05, 0.1) is 0 Å². The van der Waals surface area contributed by atoms with Crippen LogP contribution >= 0.6 is 0 Å². The van der Waals surface area contributed by atoms with Crippen LogP contribution in [0.1, 0.15) is 33.1 Å². The van der Waals surface area contributed by atoms with Crippen molar-refractivity contribution < 1.29 is 19.5 Å². The summed E-state index contributed by atoms with van der Waals surface area (Å²) in [6.45, 7) is 3.75. The van der Waals surface area contributed by atoms with Gasteiger partial charge in [-0.05, 0) is 12.3 Å². The fourth-order valence-electron chi connectivity index (χ4n) is 1.57. The molecule has 1 unspecified atom stereocenters. The first-order valence-corrected chi connectivity index (χ1v) is 5.79. The number of aliphatic carboxylic acids is 1. The quantitative estimate of drug-likeness (QED) is 0.635. The van der Waals surface area contributed by atoms with Crippen LogP contribution in [0.2, 0.25) is 0 Å². The van der Waals surface area contributed by atoms with Gasteiger partial charge in [-0.15, -0.1) is 0 Å². The number of carboxylic acids is 1. The molecular weight excluding hydrogens is 238 g/mol. The highest BCUT2D eigenvalue weighted by Crippen LogP contribution is 2.06. The summed E-state index contributed by atoms with van der Waals surface area (Å²) in [7, 11) is 0. The van der Waals surface area contributed by atoms with Gasteiger partial charge in [-0.25, -0.2) is 10.2 Å². The molecule has 7 nitrogen and oxygen atoms in total. The third-order valence-corrected chi connectivity index (χ3v) is 2.48. The number of amides is 2. The Bertz CT molecular complexity index is 390. The van der Waals surface area contributed by atoms with E-state index in [0.717, 1.165) is 0 Å².